The average molecular weight is 411 g/mol. The van der Waals surface area contributed by atoms with Crippen molar-refractivity contribution >= 4 is 66.6 Å². The first-order valence-corrected chi connectivity index (χ1v) is 10.7. The van der Waals surface area contributed by atoms with Gasteiger partial charge in [-0.15, -0.1) is 0 Å². The second kappa shape index (κ2) is 7.50. The average Bonchev–Trinajstić information content (AvgIpc) is 2.79. The van der Waals surface area contributed by atoms with Crippen LogP contribution in [0.2, 0.25) is 0 Å². The van der Waals surface area contributed by atoms with Crippen molar-refractivity contribution in [3.8, 4) is 0 Å². The molecule has 0 unspecified atom stereocenters. The molecule has 0 aliphatic heterocycles. The molecule has 0 amide bonds. The number of aromatic nitrogens is 2. The van der Waals surface area contributed by atoms with E-state index in [1.165, 1.54) is 10.8 Å². The third-order valence-corrected chi connectivity index (χ3v) is 5.98. The van der Waals surface area contributed by atoms with Gasteiger partial charge in [0.25, 0.3) is 0 Å². The van der Waals surface area contributed by atoms with E-state index in [2.05, 4.69) is 72.6 Å². The molecule has 0 bridgehead atoms. The van der Waals surface area contributed by atoms with Gasteiger partial charge in [-0.25, -0.2) is 9.97 Å². The summed E-state index contributed by atoms with van der Waals surface area (Å²) in [5.74, 6) is 0. The van der Waals surface area contributed by atoms with Crippen LogP contribution in [0, 0.1) is 0 Å². The Labute approximate surface area is 180 Å². The van der Waals surface area contributed by atoms with E-state index in [-0.39, 0.29) is 0 Å². The van der Waals surface area contributed by atoms with Crippen LogP contribution in [0.15, 0.2) is 66.7 Å². The number of thiocarbonyl (C=S) groups is 1. The van der Waals surface area contributed by atoms with Gasteiger partial charge < -0.3 is 10.2 Å². The largest absolute Gasteiger partial charge is 0.350 e. The number of hydrogen-bond acceptors (Lipinski definition) is 3. The van der Waals surface area contributed by atoms with E-state index in [1.54, 1.807) is 0 Å². The van der Waals surface area contributed by atoms with Gasteiger partial charge in [0.05, 0.1) is 22.1 Å². The van der Waals surface area contributed by atoms with E-state index < -0.39 is 0 Å². The van der Waals surface area contributed by atoms with Crippen molar-refractivity contribution in [2.45, 2.75) is 13.8 Å². The molecule has 1 N–H and O–H groups in total. The van der Waals surface area contributed by atoms with E-state index in [0.717, 1.165) is 56.7 Å². The van der Waals surface area contributed by atoms with Gasteiger partial charge in [0.1, 0.15) is 0 Å². The predicted octanol–water partition coefficient (Wildman–Crippen LogP) is 6.13. The lowest BCUT2D eigenvalue weighted by Gasteiger charge is -2.22. The normalized spacial score (nSPS) is 11.4. The summed E-state index contributed by atoms with van der Waals surface area (Å²) in [5.41, 5.74) is 4.53. The summed E-state index contributed by atoms with van der Waals surface area (Å²) in [5, 5.41) is 8.73. The lowest BCUT2D eigenvalue weighted by atomic mass is 9.99. The summed E-state index contributed by atoms with van der Waals surface area (Å²) in [6.45, 7) is 5.95. The molecule has 0 atom stereocenters. The van der Waals surface area contributed by atoms with Crippen molar-refractivity contribution in [1.82, 2.24) is 14.9 Å². The van der Waals surface area contributed by atoms with Gasteiger partial charge in [0.15, 0.2) is 5.11 Å². The van der Waals surface area contributed by atoms with Crippen molar-refractivity contribution in [1.29, 1.82) is 0 Å². The Morgan fingerprint density at radius 1 is 0.767 bits per heavy atom. The molecule has 0 aliphatic rings. The van der Waals surface area contributed by atoms with Gasteiger partial charge in [-0.3, -0.25) is 0 Å². The Morgan fingerprint density at radius 3 is 1.87 bits per heavy atom. The molecular formula is C25H22N4S. The highest BCUT2D eigenvalue weighted by atomic mass is 32.1. The molecule has 5 aromatic rings. The molecule has 1 heterocycles. The topological polar surface area (TPSA) is 41.0 Å². The Bertz CT molecular complexity index is 1420. The predicted molar refractivity (Wildman–Crippen MR) is 131 cm³/mol. The van der Waals surface area contributed by atoms with Crippen LogP contribution in [-0.2, 0) is 0 Å². The molecular weight excluding hydrogens is 388 g/mol. The zero-order valence-electron chi connectivity index (χ0n) is 17.0. The van der Waals surface area contributed by atoms with Crippen LogP contribution >= 0.6 is 12.2 Å². The highest BCUT2D eigenvalue weighted by Gasteiger charge is 2.12. The van der Waals surface area contributed by atoms with E-state index in [9.17, 15) is 0 Å². The molecule has 0 aliphatic carbocycles. The quantitative estimate of drug-likeness (QED) is 0.220. The molecule has 5 rings (SSSR count). The van der Waals surface area contributed by atoms with Gasteiger partial charge in [-0.2, -0.15) is 0 Å². The van der Waals surface area contributed by atoms with Gasteiger partial charge in [-0.05, 0) is 55.0 Å². The fourth-order valence-corrected chi connectivity index (χ4v) is 4.45. The second-order valence-electron chi connectivity index (χ2n) is 7.32. The maximum Gasteiger partial charge on any atom is 0.173 e. The number of anilines is 1. The van der Waals surface area contributed by atoms with Crippen LogP contribution in [0.25, 0.3) is 43.6 Å². The van der Waals surface area contributed by atoms with E-state index >= 15 is 0 Å². The molecule has 4 aromatic carbocycles. The lowest BCUT2D eigenvalue weighted by Crippen LogP contribution is -2.34. The van der Waals surface area contributed by atoms with Crippen molar-refractivity contribution in [3.63, 3.8) is 0 Å². The fraction of sp³-hybridized carbons (Fsp3) is 0.160. The van der Waals surface area contributed by atoms with Crippen molar-refractivity contribution in [3.05, 3.63) is 66.7 Å². The monoisotopic (exact) mass is 410 g/mol. The van der Waals surface area contributed by atoms with E-state index in [4.69, 9.17) is 22.2 Å². The molecule has 1 aromatic heterocycles. The van der Waals surface area contributed by atoms with Crippen LogP contribution < -0.4 is 5.32 Å². The minimum absolute atomic E-state index is 0.726. The summed E-state index contributed by atoms with van der Waals surface area (Å²) < 4.78 is 0. The highest BCUT2D eigenvalue weighted by molar-refractivity contribution is 7.80. The van der Waals surface area contributed by atoms with Crippen LogP contribution in [0.3, 0.4) is 0 Å². The number of nitrogens with zero attached hydrogens (tertiary/aromatic N) is 3. The Kier molecular flexibility index (Phi) is 4.68. The Morgan fingerprint density at radius 2 is 1.30 bits per heavy atom. The number of benzene rings is 4. The van der Waals surface area contributed by atoms with Gasteiger partial charge in [0.2, 0.25) is 0 Å². The van der Waals surface area contributed by atoms with Gasteiger partial charge in [0, 0.05) is 29.5 Å². The first kappa shape index (κ1) is 18.7. The maximum absolute atomic E-state index is 5.55. The molecule has 5 heteroatoms. The number of hydrogen-bond donors (Lipinski definition) is 1. The van der Waals surface area contributed by atoms with E-state index in [1.807, 2.05) is 18.2 Å². The minimum atomic E-state index is 0.726. The maximum atomic E-state index is 5.55. The van der Waals surface area contributed by atoms with E-state index in [0.29, 0.717) is 0 Å². The molecule has 30 heavy (non-hydrogen) atoms. The van der Waals surface area contributed by atoms with Crippen molar-refractivity contribution in [2.24, 2.45) is 0 Å². The summed E-state index contributed by atoms with van der Waals surface area (Å²) in [6, 6.07) is 22.9. The first-order chi connectivity index (χ1) is 14.7. The number of rotatable bonds is 3. The van der Waals surface area contributed by atoms with Gasteiger partial charge >= 0.3 is 0 Å². The number of nitrogens with one attached hydrogen (secondary N) is 1. The smallest absolute Gasteiger partial charge is 0.173 e. The zero-order valence-corrected chi connectivity index (χ0v) is 17.8. The summed E-state index contributed by atoms with van der Waals surface area (Å²) in [7, 11) is 0. The molecule has 4 nitrogen and oxygen atoms in total. The Balaban J connectivity index is 1.73. The molecule has 0 radical (unpaired) electrons. The first-order valence-electron chi connectivity index (χ1n) is 10.3. The molecule has 148 valence electrons. The molecule has 0 saturated heterocycles. The Hall–Kier alpha value is -3.31. The minimum Gasteiger partial charge on any atom is -0.350 e. The summed E-state index contributed by atoms with van der Waals surface area (Å²) in [4.78, 5) is 12.2. The van der Waals surface area contributed by atoms with Crippen molar-refractivity contribution < 1.29 is 0 Å². The zero-order chi connectivity index (χ0) is 20.7. The summed E-state index contributed by atoms with van der Waals surface area (Å²) in [6.07, 6.45) is 0. The molecule has 0 saturated carbocycles. The fourth-order valence-electron chi connectivity index (χ4n) is 4.07. The third-order valence-electron chi connectivity index (χ3n) is 5.62. The summed E-state index contributed by atoms with van der Waals surface area (Å²) >= 11 is 5.55. The third kappa shape index (κ3) is 3.02. The van der Waals surface area contributed by atoms with Crippen LogP contribution in [0.1, 0.15) is 13.8 Å². The van der Waals surface area contributed by atoms with Crippen LogP contribution in [0.4, 0.5) is 5.69 Å². The second-order valence-corrected chi connectivity index (χ2v) is 7.70. The SMILES string of the molecule is CCN(CC)C(=S)Nc1ccc2nc3c4ccccc4c4ccccc4c3nc2c1. The lowest BCUT2D eigenvalue weighted by molar-refractivity contribution is 0.473. The van der Waals surface area contributed by atoms with Crippen LogP contribution in [0.5, 0.6) is 0 Å². The van der Waals surface area contributed by atoms with Gasteiger partial charge in [-0.1, -0.05) is 48.5 Å². The highest BCUT2D eigenvalue weighted by Crippen LogP contribution is 2.34. The standard InChI is InChI=1S/C25H22N4S/c1-3-29(4-2)25(30)26-16-13-14-21-22(15-16)28-24-20-12-8-6-10-18(20)17-9-5-7-11-19(17)23(24)27-21/h5-15H,3-4H2,1-2H3,(H,26,30). The van der Waals surface area contributed by atoms with Crippen LogP contribution in [-0.4, -0.2) is 33.1 Å². The van der Waals surface area contributed by atoms with Crippen molar-refractivity contribution in [2.75, 3.05) is 18.4 Å². The number of fused-ring (bicyclic) bond motifs is 7. The molecule has 0 spiro atoms. The molecule has 0 fully saturated rings.